The summed E-state index contributed by atoms with van der Waals surface area (Å²) < 4.78 is 13.6. The van der Waals surface area contributed by atoms with Crippen LogP contribution in [-0.2, 0) is 10.8 Å². The number of anilines is 3. The van der Waals surface area contributed by atoms with Gasteiger partial charge >= 0.3 is 0 Å². The summed E-state index contributed by atoms with van der Waals surface area (Å²) in [6.07, 6.45) is 0. The normalized spacial score (nSPS) is 14.3. The van der Waals surface area contributed by atoms with Crippen molar-refractivity contribution in [3.05, 3.63) is 234 Å². The van der Waals surface area contributed by atoms with Crippen LogP contribution in [0, 0.1) is 0 Å². The van der Waals surface area contributed by atoms with Crippen LogP contribution >= 0.6 is 0 Å². The Kier molecular flexibility index (Phi) is 6.99. The third-order valence-electron chi connectivity index (χ3n) is 13.7. The summed E-state index contributed by atoms with van der Waals surface area (Å²) in [4.78, 5) is 2.42. The first-order valence-electron chi connectivity index (χ1n) is 21.2. The SMILES string of the molecule is CC1(C)c2ccccc2-c2cccc(N(c3ccc4oc5ccccc5c4c3)c3cccc4c3oc3cc(C5(c6ccccc6)c6ccccc6-c6ccccc65)ccc34)c21. The first-order valence-corrected chi connectivity index (χ1v) is 21.2. The van der Waals surface area contributed by atoms with Crippen LogP contribution < -0.4 is 4.90 Å². The monoisotopic (exact) mass is 781 g/mol. The highest BCUT2D eigenvalue weighted by Gasteiger charge is 2.46. The number of hydrogen-bond acceptors (Lipinski definition) is 3. The van der Waals surface area contributed by atoms with E-state index in [1.807, 2.05) is 12.1 Å². The zero-order valence-corrected chi connectivity index (χ0v) is 33.8. The van der Waals surface area contributed by atoms with Crippen molar-refractivity contribution >= 4 is 60.9 Å². The highest BCUT2D eigenvalue weighted by Crippen LogP contribution is 2.58. The standard InChI is InChI=1S/C58H39NO2/c1-57(2)47-24-10-6-20-41(47)44-22-14-27-50(55(44)57)59(38-31-33-53-46(35-38)42-21-9-13-29-52(42)60-53)51-28-15-23-45-43-32-30-37(34-54(43)61-56(45)51)58(36-16-4-3-5-17-36)48-25-11-7-18-39(48)40-19-8-12-26-49(40)58/h3-35H,1-2H3. The summed E-state index contributed by atoms with van der Waals surface area (Å²) in [6.45, 7) is 4.72. The fraction of sp³-hybridized carbons (Fsp3) is 0.0690. The third-order valence-corrected chi connectivity index (χ3v) is 13.7. The lowest BCUT2D eigenvalue weighted by Gasteiger charge is -2.33. The van der Waals surface area contributed by atoms with Crippen LogP contribution in [0.15, 0.2) is 209 Å². The molecule has 0 bridgehead atoms. The number of para-hydroxylation sites is 2. The summed E-state index contributed by atoms with van der Waals surface area (Å²) in [7, 11) is 0. The van der Waals surface area contributed by atoms with E-state index in [2.05, 4.69) is 207 Å². The minimum atomic E-state index is -0.523. The molecule has 11 aromatic rings. The molecule has 3 heteroatoms. The van der Waals surface area contributed by atoms with Gasteiger partial charge in [-0.25, -0.2) is 0 Å². The maximum absolute atomic E-state index is 7.28. The molecule has 9 aromatic carbocycles. The van der Waals surface area contributed by atoms with Crippen LogP contribution in [0.2, 0.25) is 0 Å². The zero-order chi connectivity index (χ0) is 40.5. The summed E-state index contributed by atoms with van der Waals surface area (Å²) in [5.74, 6) is 0. The van der Waals surface area contributed by atoms with Gasteiger partial charge in [0.25, 0.3) is 0 Å². The molecule has 0 saturated carbocycles. The molecule has 0 aliphatic heterocycles. The lowest BCUT2D eigenvalue weighted by Crippen LogP contribution is -2.28. The Hall–Kier alpha value is -7.62. The Morgan fingerprint density at radius 3 is 1.75 bits per heavy atom. The van der Waals surface area contributed by atoms with E-state index >= 15 is 0 Å². The smallest absolute Gasteiger partial charge is 0.159 e. The van der Waals surface area contributed by atoms with Gasteiger partial charge in [-0.1, -0.05) is 172 Å². The first-order chi connectivity index (χ1) is 30.0. The van der Waals surface area contributed by atoms with E-state index in [0.29, 0.717) is 0 Å². The van der Waals surface area contributed by atoms with Crippen molar-refractivity contribution in [2.24, 2.45) is 0 Å². The minimum Gasteiger partial charge on any atom is -0.456 e. The summed E-state index contributed by atoms with van der Waals surface area (Å²) in [5, 5.41) is 4.35. The van der Waals surface area contributed by atoms with E-state index in [1.54, 1.807) is 0 Å². The summed E-state index contributed by atoms with van der Waals surface area (Å²) in [5.41, 5.74) is 18.6. The highest BCUT2D eigenvalue weighted by atomic mass is 16.3. The Morgan fingerprint density at radius 2 is 0.967 bits per heavy atom. The molecule has 288 valence electrons. The number of benzene rings is 9. The second-order valence-corrected chi connectivity index (χ2v) is 17.2. The third kappa shape index (κ3) is 4.58. The predicted molar refractivity (Wildman–Crippen MR) is 251 cm³/mol. The molecule has 0 radical (unpaired) electrons. The predicted octanol–water partition coefficient (Wildman–Crippen LogP) is 15.6. The number of furan rings is 2. The fourth-order valence-corrected chi connectivity index (χ4v) is 11.2. The molecule has 2 heterocycles. The Labute approximate surface area is 353 Å². The van der Waals surface area contributed by atoms with Crippen LogP contribution in [0.25, 0.3) is 66.1 Å². The van der Waals surface area contributed by atoms with Crippen LogP contribution in [0.1, 0.15) is 47.2 Å². The fourth-order valence-electron chi connectivity index (χ4n) is 11.2. The number of hydrogen-bond donors (Lipinski definition) is 0. The maximum atomic E-state index is 7.28. The minimum absolute atomic E-state index is 0.247. The van der Waals surface area contributed by atoms with Crippen molar-refractivity contribution in [2.45, 2.75) is 24.7 Å². The van der Waals surface area contributed by atoms with E-state index in [4.69, 9.17) is 8.83 Å². The number of nitrogens with zero attached hydrogens (tertiary/aromatic N) is 1. The molecular weight excluding hydrogens is 743 g/mol. The van der Waals surface area contributed by atoms with Crippen molar-refractivity contribution in [1.82, 2.24) is 0 Å². The quantitative estimate of drug-likeness (QED) is 0.174. The van der Waals surface area contributed by atoms with Crippen LogP contribution in [0.3, 0.4) is 0 Å². The average Bonchev–Trinajstić information content (AvgIpc) is 4.03. The zero-order valence-electron chi connectivity index (χ0n) is 33.8. The van der Waals surface area contributed by atoms with Crippen molar-refractivity contribution in [3.8, 4) is 22.3 Å². The average molecular weight is 782 g/mol. The van der Waals surface area contributed by atoms with E-state index in [1.165, 1.54) is 55.6 Å². The topological polar surface area (TPSA) is 29.5 Å². The summed E-state index contributed by atoms with van der Waals surface area (Å²) >= 11 is 0. The van der Waals surface area contributed by atoms with Crippen molar-refractivity contribution in [3.63, 3.8) is 0 Å². The molecule has 2 aliphatic carbocycles. The largest absolute Gasteiger partial charge is 0.456 e. The maximum Gasteiger partial charge on any atom is 0.159 e. The van der Waals surface area contributed by atoms with Gasteiger partial charge in [0.05, 0.1) is 16.8 Å². The molecule has 0 fully saturated rings. The van der Waals surface area contributed by atoms with E-state index in [0.717, 1.165) is 60.9 Å². The number of rotatable bonds is 5. The van der Waals surface area contributed by atoms with Crippen molar-refractivity contribution < 1.29 is 8.83 Å². The van der Waals surface area contributed by atoms with Gasteiger partial charge in [0, 0.05) is 32.6 Å². The Balaban J connectivity index is 1.08. The second-order valence-electron chi connectivity index (χ2n) is 17.2. The summed E-state index contributed by atoms with van der Waals surface area (Å²) in [6, 6.07) is 72.8. The van der Waals surface area contributed by atoms with Gasteiger partial charge in [-0.15, -0.1) is 0 Å². The molecule has 0 amide bonds. The van der Waals surface area contributed by atoms with Gasteiger partial charge in [0.1, 0.15) is 16.7 Å². The molecule has 2 aliphatic rings. The van der Waals surface area contributed by atoms with Gasteiger partial charge in [0.2, 0.25) is 0 Å². The molecule has 0 spiro atoms. The van der Waals surface area contributed by atoms with Gasteiger partial charge < -0.3 is 13.7 Å². The van der Waals surface area contributed by atoms with Gasteiger partial charge in [0.15, 0.2) is 5.58 Å². The Morgan fingerprint density at radius 1 is 0.377 bits per heavy atom. The van der Waals surface area contributed by atoms with Gasteiger partial charge in [-0.2, -0.15) is 0 Å². The first kappa shape index (κ1) is 34.3. The molecule has 0 N–H and O–H groups in total. The molecule has 0 atom stereocenters. The molecule has 3 nitrogen and oxygen atoms in total. The molecule has 2 aromatic heterocycles. The van der Waals surface area contributed by atoms with Crippen molar-refractivity contribution in [1.29, 1.82) is 0 Å². The molecule has 0 unspecified atom stereocenters. The Bertz CT molecular complexity index is 3540. The number of fused-ring (bicyclic) bond motifs is 12. The lowest BCUT2D eigenvalue weighted by molar-refractivity contribution is 0.658. The van der Waals surface area contributed by atoms with Crippen LogP contribution in [-0.4, -0.2) is 0 Å². The van der Waals surface area contributed by atoms with Crippen molar-refractivity contribution in [2.75, 3.05) is 4.90 Å². The van der Waals surface area contributed by atoms with Gasteiger partial charge in [-0.3, -0.25) is 0 Å². The van der Waals surface area contributed by atoms with E-state index in [-0.39, 0.29) is 5.41 Å². The highest BCUT2D eigenvalue weighted by molar-refractivity contribution is 6.12. The lowest BCUT2D eigenvalue weighted by atomic mass is 9.67. The second kappa shape index (κ2) is 12.5. The molecule has 13 rings (SSSR count). The molecular formula is C58H39NO2. The van der Waals surface area contributed by atoms with Crippen LogP contribution in [0.4, 0.5) is 17.1 Å². The molecule has 61 heavy (non-hydrogen) atoms. The van der Waals surface area contributed by atoms with E-state index < -0.39 is 5.41 Å². The van der Waals surface area contributed by atoms with Crippen LogP contribution in [0.5, 0.6) is 0 Å². The van der Waals surface area contributed by atoms with E-state index in [9.17, 15) is 0 Å². The van der Waals surface area contributed by atoms with Gasteiger partial charge in [-0.05, 0) is 98.1 Å². The molecule has 0 saturated heterocycles.